The van der Waals surface area contributed by atoms with E-state index in [9.17, 15) is 58.8 Å². The Bertz CT molecular complexity index is 2270. The van der Waals surface area contributed by atoms with Gasteiger partial charge in [0.15, 0.2) is 23.1 Å². The lowest BCUT2D eigenvalue weighted by molar-refractivity contribution is 0.0646. The number of carbonyl (C=O) groups excluding carboxylic acids is 4. The van der Waals surface area contributed by atoms with Gasteiger partial charge in [-0.1, -0.05) is 103 Å². The summed E-state index contributed by atoms with van der Waals surface area (Å²) in [6.45, 7) is 0. The number of ketones is 4. The predicted octanol–water partition coefficient (Wildman–Crippen LogP) is 5.40. The standard InChI is InChI=1S/C38H22O12/c39-31(19-11-4-1-5-12-19)25-26(32(40)20-13-6-2-7-14-20)28(34(42)22-17-10-18-23(35(43)44)24(22)36(45)46)30(38(49)50)29(37(47)48)27(25)33(41)21-15-8-3-9-16-21/h1-18H,(H,43,44)(H,45,46)(H,47,48)(H,49,50). The van der Waals surface area contributed by atoms with Crippen LogP contribution in [0, 0.1) is 0 Å². The maximum absolute atomic E-state index is 14.6. The highest BCUT2D eigenvalue weighted by Crippen LogP contribution is 2.36. The molecule has 0 unspecified atom stereocenters. The summed E-state index contributed by atoms with van der Waals surface area (Å²) >= 11 is 0. The second-order valence-corrected chi connectivity index (χ2v) is 10.6. The van der Waals surface area contributed by atoms with Crippen molar-refractivity contribution in [1.29, 1.82) is 0 Å². The van der Waals surface area contributed by atoms with Crippen LogP contribution in [0.2, 0.25) is 0 Å². The molecular formula is C38H22O12. The van der Waals surface area contributed by atoms with E-state index in [0.29, 0.717) is 0 Å². The van der Waals surface area contributed by atoms with Crippen LogP contribution in [0.15, 0.2) is 109 Å². The molecule has 5 aromatic rings. The van der Waals surface area contributed by atoms with Crippen LogP contribution in [0.4, 0.5) is 0 Å². The molecule has 0 fully saturated rings. The molecule has 0 spiro atoms. The Hall–Kier alpha value is -7.34. The minimum absolute atomic E-state index is 0.186. The van der Waals surface area contributed by atoms with Crippen molar-refractivity contribution >= 4 is 47.0 Å². The molecule has 12 nitrogen and oxygen atoms in total. The SMILES string of the molecule is O=C(O)c1cccc(C(=O)c2c(C(=O)O)c(C(=O)O)c(C(=O)c3ccccc3)c(C(=O)c3ccccc3)c2C(=O)c2ccccc2)c1C(=O)O. The molecule has 12 heteroatoms. The first-order valence-electron chi connectivity index (χ1n) is 14.5. The van der Waals surface area contributed by atoms with Gasteiger partial charge >= 0.3 is 23.9 Å². The average molecular weight is 671 g/mol. The van der Waals surface area contributed by atoms with Gasteiger partial charge in [0.2, 0.25) is 0 Å². The molecule has 0 saturated heterocycles. The van der Waals surface area contributed by atoms with E-state index in [1.807, 2.05) is 0 Å². The van der Waals surface area contributed by atoms with Gasteiger partial charge < -0.3 is 20.4 Å². The number of rotatable bonds is 12. The van der Waals surface area contributed by atoms with Crippen LogP contribution in [0.25, 0.3) is 0 Å². The number of carboxylic acid groups (broad SMARTS) is 4. The molecule has 0 radical (unpaired) electrons. The summed E-state index contributed by atoms with van der Waals surface area (Å²) in [7, 11) is 0. The first kappa shape index (κ1) is 34.0. The highest BCUT2D eigenvalue weighted by molar-refractivity contribution is 6.34. The summed E-state index contributed by atoms with van der Waals surface area (Å²) in [5, 5.41) is 40.9. The minimum Gasteiger partial charge on any atom is -0.478 e. The fraction of sp³-hybridized carbons (Fsp3) is 0. The molecule has 246 valence electrons. The molecule has 0 bridgehead atoms. The number of hydrogen-bond acceptors (Lipinski definition) is 8. The van der Waals surface area contributed by atoms with Crippen LogP contribution in [-0.2, 0) is 0 Å². The molecule has 4 N–H and O–H groups in total. The topological polar surface area (TPSA) is 217 Å². The van der Waals surface area contributed by atoms with Gasteiger partial charge in [-0.05, 0) is 6.07 Å². The monoisotopic (exact) mass is 670 g/mol. The lowest BCUT2D eigenvalue weighted by Gasteiger charge is -2.22. The Morgan fingerprint density at radius 1 is 0.280 bits per heavy atom. The zero-order valence-electron chi connectivity index (χ0n) is 25.4. The van der Waals surface area contributed by atoms with Gasteiger partial charge in [0.1, 0.15) is 0 Å². The Kier molecular flexibility index (Phi) is 9.38. The van der Waals surface area contributed by atoms with E-state index >= 15 is 0 Å². The first-order chi connectivity index (χ1) is 23.9. The second-order valence-electron chi connectivity index (χ2n) is 10.6. The summed E-state index contributed by atoms with van der Waals surface area (Å²) in [6, 6.07) is 23.4. The molecule has 0 aliphatic carbocycles. The normalized spacial score (nSPS) is 10.6. The van der Waals surface area contributed by atoms with Crippen LogP contribution in [-0.4, -0.2) is 67.4 Å². The maximum Gasteiger partial charge on any atom is 0.337 e. The number of benzene rings is 5. The molecule has 0 aliphatic heterocycles. The van der Waals surface area contributed by atoms with Crippen molar-refractivity contribution < 1.29 is 58.8 Å². The van der Waals surface area contributed by atoms with E-state index < -0.39 is 97.1 Å². The molecule has 5 rings (SSSR count). The third kappa shape index (κ3) is 6.07. The molecule has 5 aromatic carbocycles. The quantitative estimate of drug-likeness (QED) is 0.123. The highest BCUT2D eigenvalue weighted by atomic mass is 16.4. The number of carboxylic acids is 4. The Balaban J connectivity index is 2.10. The van der Waals surface area contributed by atoms with Gasteiger partial charge in [-0.25, -0.2) is 19.2 Å². The van der Waals surface area contributed by atoms with Crippen LogP contribution >= 0.6 is 0 Å². The second kappa shape index (κ2) is 13.8. The maximum atomic E-state index is 14.6. The molecule has 0 heterocycles. The zero-order valence-corrected chi connectivity index (χ0v) is 25.4. The van der Waals surface area contributed by atoms with E-state index in [4.69, 9.17) is 0 Å². The largest absolute Gasteiger partial charge is 0.478 e. The van der Waals surface area contributed by atoms with Gasteiger partial charge in [-0.2, -0.15) is 0 Å². The highest BCUT2D eigenvalue weighted by Gasteiger charge is 2.41. The van der Waals surface area contributed by atoms with Crippen molar-refractivity contribution in [3.63, 3.8) is 0 Å². The number of hydrogen-bond donors (Lipinski definition) is 4. The van der Waals surface area contributed by atoms with Crippen LogP contribution in [0.5, 0.6) is 0 Å². The fourth-order valence-corrected chi connectivity index (χ4v) is 5.57. The fourth-order valence-electron chi connectivity index (χ4n) is 5.57. The molecule has 0 amide bonds. The molecule has 0 saturated carbocycles. The van der Waals surface area contributed by atoms with E-state index in [-0.39, 0.29) is 16.7 Å². The van der Waals surface area contributed by atoms with Crippen molar-refractivity contribution in [2.45, 2.75) is 0 Å². The first-order valence-corrected chi connectivity index (χ1v) is 14.5. The third-order valence-corrected chi connectivity index (χ3v) is 7.70. The Labute approximate surface area is 281 Å². The minimum atomic E-state index is -2.13. The van der Waals surface area contributed by atoms with Gasteiger partial charge in [-0.3, -0.25) is 19.2 Å². The van der Waals surface area contributed by atoms with E-state index in [1.54, 1.807) is 0 Å². The van der Waals surface area contributed by atoms with E-state index in [2.05, 4.69) is 0 Å². The van der Waals surface area contributed by atoms with Gasteiger partial charge in [0, 0.05) is 44.5 Å². The van der Waals surface area contributed by atoms with Gasteiger partial charge in [0.25, 0.3) is 0 Å². The van der Waals surface area contributed by atoms with E-state index in [1.165, 1.54) is 91.0 Å². The predicted molar refractivity (Wildman–Crippen MR) is 174 cm³/mol. The molecule has 0 atom stereocenters. The van der Waals surface area contributed by atoms with Crippen molar-refractivity contribution in [2.24, 2.45) is 0 Å². The zero-order chi connectivity index (χ0) is 36.3. The van der Waals surface area contributed by atoms with Crippen LogP contribution in [0.1, 0.15) is 105 Å². The lowest BCUT2D eigenvalue weighted by atomic mass is 9.76. The van der Waals surface area contributed by atoms with Crippen LogP contribution < -0.4 is 0 Å². The molecular weight excluding hydrogens is 648 g/mol. The smallest absolute Gasteiger partial charge is 0.337 e. The Morgan fingerprint density at radius 3 is 0.900 bits per heavy atom. The molecule has 0 aromatic heterocycles. The van der Waals surface area contributed by atoms with Crippen molar-refractivity contribution in [2.75, 3.05) is 0 Å². The summed E-state index contributed by atoms with van der Waals surface area (Å²) in [6.07, 6.45) is 0. The molecule has 0 aliphatic rings. The summed E-state index contributed by atoms with van der Waals surface area (Å²) in [5.41, 5.74) is -10.4. The summed E-state index contributed by atoms with van der Waals surface area (Å²) < 4.78 is 0. The summed E-state index contributed by atoms with van der Waals surface area (Å²) in [5.74, 6) is -13.0. The van der Waals surface area contributed by atoms with Gasteiger partial charge in [0.05, 0.1) is 22.3 Å². The number of aromatic carboxylic acids is 4. The molecule has 50 heavy (non-hydrogen) atoms. The van der Waals surface area contributed by atoms with Crippen molar-refractivity contribution in [3.05, 3.63) is 176 Å². The lowest BCUT2D eigenvalue weighted by Crippen LogP contribution is -2.29. The van der Waals surface area contributed by atoms with Gasteiger partial charge in [-0.15, -0.1) is 0 Å². The van der Waals surface area contributed by atoms with E-state index in [0.717, 1.165) is 18.2 Å². The Morgan fingerprint density at radius 2 is 0.580 bits per heavy atom. The number of carbonyl (C=O) groups is 8. The van der Waals surface area contributed by atoms with Crippen molar-refractivity contribution in [3.8, 4) is 0 Å². The average Bonchev–Trinajstić information content (AvgIpc) is 3.12. The third-order valence-electron chi connectivity index (χ3n) is 7.70. The van der Waals surface area contributed by atoms with Crippen molar-refractivity contribution in [1.82, 2.24) is 0 Å². The van der Waals surface area contributed by atoms with Crippen LogP contribution in [0.3, 0.4) is 0 Å². The summed E-state index contributed by atoms with van der Waals surface area (Å²) in [4.78, 5) is 109.